The van der Waals surface area contributed by atoms with E-state index in [9.17, 15) is 0 Å². The first-order chi connectivity index (χ1) is 8.98. The molecule has 3 heteroatoms. The van der Waals surface area contributed by atoms with Crippen LogP contribution in [0.4, 0.5) is 0 Å². The van der Waals surface area contributed by atoms with E-state index in [4.69, 9.17) is 0 Å². The van der Waals surface area contributed by atoms with Crippen LogP contribution in [0.3, 0.4) is 0 Å². The molecular weight excluding hydrogens is 252 g/mol. The van der Waals surface area contributed by atoms with Crippen molar-refractivity contribution in [3.05, 3.63) is 35.9 Å². The number of nitrogens with one attached hydrogen (secondary N) is 1. The van der Waals surface area contributed by atoms with Gasteiger partial charge in [-0.2, -0.15) is 5.10 Å². The van der Waals surface area contributed by atoms with Crippen molar-refractivity contribution in [2.24, 2.45) is 16.4 Å². The van der Waals surface area contributed by atoms with Gasteiger partial charge in [-0.05, 0) is 30.6 Å². The Morgan fingerprint density at radius 1 is 1.21 bits per heavy atom. The maximum Gasteiger partial charge on any atom is 0.126 e. The van der Waals surface area contributed by atoms with Crippen LogP contribution in [0.25, 0.3) is 0 Å². The van der Waals surface area contributed by atoms with Crippen molar-refractivity contribution < 1.29 is 0 Å². The highest BCUT2D eigenvalue weighted by Gasteiger charge is 2.46. The summed E-state index contributed by atoms with van der Waals surface area (Å²) in [4.78, 5) is 0.117. The molecule has 2 atom stereocenters. The van der Waals surface area contributed by atoms with Crippen molar-refractivity contribution >= 4 is 16.8 Å². The van der Waals surface area contributed by atoms with E-state index in [-0.39, 0.29) is 4.87 Å². The summed E-state index contributed by atoms with van der Waals surface area (Å²) in [6.45, 7) is 7.13. The molecule has 1 fully saturated rings. The smallest absolute Gasteiger partial charge is 0.126 e. The summed E-state index contributed by atoms with van der Waals surface area (Å²) >= 11 is 1.93. The molecule has 1 saturated carbocycles. The third kappa shape index (κ3) is 2.66. The highest BCUT2D eigenvalue weighted by molar-refractivity contribution is 8.15. The number of rotatable bonds is 1. The minimum absolute atomic E-state index is 0.117. The molecular formula is C16H22N2S. The van der Waals surface area contributed by atoms with Gasteiger partial charge in [-0.1, -0.05) is 62.9 Å². The second kappa shape index (κ2) is 4.55. The van der Waals surface area contributed by atoms with Crippen molar-refractivity contribution in [2.45, 2.75) is 44.9 Å². The van der Waals surface area contributed by atoms with Crippen LogP contribution in [0.2, 0.25) is 0 Å². The zero-order chi connectivity index (χ0) is 13.5. The van der Waals surface area contributed by atoms with Gasteiger partial charge in [0.25, 0.3) is 0 Å². The maximum atomic E-state index is 4.61. The molecule has 1 aromatic rings. The Kier molecular flexibility index (Phi) is 3.12. The first kappa shape index (κ1) is 13.0. The van der Waals surface area contributed by atoms with Crippen LogP contribution >= 0.6 is 11.8 Å². The molecule has 1 aliphatic heterocycles. The molecule has 0 amide bonds. The molecule has 1 spiro atoms. The third-order valence-electron chi connectivity index (χ3n) is 4.02. The number of hydrogen-bond donors (Lipinski definition) is 1. The fraction of sp³-hybridized carbons (Fsp3) is 0.562. The largest absolute Gasteiger partial charge is 0.292 e. The molecule has 0 saturated heterocycles. The first-order valence-corrected chi connectivity index (χ1v) is 7.89. The molecule has 0 unspecified atom stereocenters. The van der Waals surface area contributed by atoms with Gasteiger partial charge in [-0.15, -0.1) is 0 Å². The summed E-state index contributed by atoms with van der Waals surface area (Å²) < 4.78 is 0. The van der Waals surface area contributed by atoms with Crippen LogP contribution in [0.15, 0.2) is 35.4 Å². The Morgan fingerprint density at radius 3 is 2.63 bits per heavy atom. The van der Waals surface area contributed by atoms with Gasteiger partial charge in [0.05, 0.1) is 0 Å². The summed E-state index contributed by atoms with van der Waals surface area (Å²) in [6, 6.07) is 10.5. The van der Waals surface area contributed by atoms with Crippen molar-refractivity contribution in [1.29, 1.82) is 0 Å². The lowest BCUT2D eigenvalue weighted by Gasteiger charge is -2.44. The lowest BCUT2D eigenvalue weighted by Crippen LogP contribution is -2.46. The summed E-state index contributed by atoms with van der Waals surface area (Å²) in [5.74, 6) is 0.758. The molecule has 0 bridgehead atoms. The number of hydrogen-bond acceptors (Lipinski definition) is 3. The summed E-state index contributed by atoms with van der Waals surface area (Å²) in [5, 5.41) is 5.76. The number of thioether (sulfide) groups is 1. The highest BCUT2D eigenvalue weighted by Crippen LogP contribution is 2.51. The molecule has 2 nitrogen and oxygen atoms in total. The Bertz CT molecular complexity index is 495. The lowest BCUT2D eigenvalue weighted by molar-refractivity contribution is 0.137. The zero-order valence-corrected chi connectivity index (χ0v) is 12.8. The second-order valence-electron chi connectivity index (χ2n) is 6.85. The average Bonchev–Trinajstić information content (AvgIpc) is 2.70. The van der Waals surface area contributed by atoms with Crippen molar-refractivity contribution in [3.8, 4) is 0 Å². The lowest BCUT2D eigenvalue weighted by atomic mass is 9.70. The van der Waals surface area contributed by atoms with Crippen LogP contribution in [0.1, 0.15) is 45.6 Å². The van der Waals surface area contributed by atoms with Gasteiger partial charge in [0.2, 0.25) is 0 Å². The van der Waals surface area contributed by atoms with E-state index in [1.165, 1.54) is 24.8 Å². The minimum atomic E-state index is 0.117. The normalized spacial score (nSPS) is 33.0. The van der Waals surface area contributed by atoms with Crippen LogP contribution in [-0.2, 0) is 0 Å². The van der Waals surface area contributed by atoms with Gasteiger partial charge in [0.1, 0.15) is 9.91 Å². The quantitative estimate of drug-likeness (QED) is 0.829. The van der Waals surface area contributed by atoms with Crippen LogP contribution in [0.5, 0.6) is 0 Å². The highest BCUT2D eigenvalue weighted by atomic mass is 32.2. The van der Waals surface area contributed by atoms with Gasteiger partial charge in [-0.25, -0.2) is 0 Å². The van der Waals surface area contributed by atoms with E-state index >= 15 is 0 Å². The monoisotopic (exact) mass is 274 g/mol. The molecule has 1 aliphatic carbocycles. The molecule has 0 aromatic heterocycles. The second-order valence-corrected chi connectivity index (χ2v) is 8.22. The number of benzene rings is 1. The molecule has 1 N–H and O–H groups in total. The number of hydrazone groups is 1. The minimum Gasteiger partial charge on any atom is -0.292 e. The molecule has 1 aromatic carbocycles. The van der Waals surface area contributed by atoms with Gasteiger partial charge in [0.15, 0.2) is 0 Å². The van der Waals surface area contributed by atoms with E-state index in [2.05, 4.69) is 61.6 Å². The summed E-state index contributed by atoms with van der Waals surface area (Å²) in [5.41, 5.74) is 5.09. The van der Waals surface area contributed by atoms with Crippen molar-refractivity contribution in [2.75, 3.05) is 0 Å². The molecule has 102 valence electrons. The van der Waals surface area contributed by atoms with Gasteiger partial charge in [-0.3, -0.25) is 5.43 Å². The maximum absolute atomic E-state index is 4.61. The van der Waals surface area contributed by atoms with Gasteiger partial charge < -0.3 is 0 Å². The Labute approximate surface area is 120 Å². The summed E-state index contributed by atoms with van der Waals surface area (Å²) in [7, 11) is 0. The molecule has 0 radical (unpaired) electrons. The Morgan fingerprint density at radius 2 is 1.95 bits per heavy atom. The first-order valence-electron chi connectivity index (χ1n) is 7.07. The van der Waals surface area contributed by atoms with Crippen LogP contribution in [0, 0.1) is 11.3 Å². The van der Waals surface area contributed by atoms with Crippen molar-refractivity contribution in [3.63, 3.8) is 0 Å². The number of nitrogens with zero attached hydrogens (tertiary/aromatic N) is 1. The predicted octanol–water partition coefficient (Wildman–Crippen LogP) is 4.23. The van der Waals surface area contributed by atoms with E-state index in [1.807, 2.05) is 11.8 Å². The standard InChI is InChI=1S/C16H22N2S/c1-12-9-15(2,3)11-16(10-12)18-17-14(19-16)13-7-5-4-6-8-13/h4-8,12,18H,9-11H2,1-3H3/t12-,16-/m0/s1. The topological polar surface area (TPSA) is 24.4 Å². The SMILES string of the molecule is C[C@H]1CC(C)(C)C[C@@]2(C1)NN=C(c1ccccc1)S2. The average molecular weight is 274 g/mol. The van der Waals surface area contributed by atoms with Gasteiger partial charge >= 0.3 is 0 Å². The summed E-state index contributed by atoms with van der Waals surface area (Å²) in [6.07, 6.45) is 3.72. The molecule has 1 heterocycles. The van der Waals surface area contributed by atoms with Gasteiger partial charge in [0, 0.05) is 5.56 Å². The van der Waals surface area contributed by atoms with E-state index in [0.717, 1.165) is 11.0 Å². The Balaban J connectivity index is 1.80. The van der Waals surface area contributed by atoms with E-state index in [0.29, 0.717) is 5.41 Å². The van der Waals surface area contributed by atoms with Crippen LogP contribution < -0.4 is 5.43 Å². The van der Waals surface area contributed by atoms with E-state index < -0.39 is 0 Å². The van der Waals surface area contributed by atoms with E-state index in [1.54, 1.807) is 0 Å². The Hall–Kier alpha value is -0.960. The van der Waals surface area contributed by atoms with Crippen molar-refractivity contribution in [1.82, 2.24) is 5.43 Å². The zero-order valence-electron chi connectivity index (χ0n) is 11.9. The fourth-order valence-electron chi connectivity index (χ4n) is 3.75. The third-order valence-corrected chi connectivity index (χ3v) is 5.33. The fourth-order valence-corrected chi connectivity index (χ4v) is 5.38. The molecule has 19 heavy (non-hydrogen) atoms. The predicted molar refractivity (Wildman–Crippen MR) is 83.2 cm³/mol. The molecule has 2 aliphatic rings. The van der Waals surface area contributed by atoms with Crippen LogP contribution in [-0.4, -0.2) is 9.91 Å². The molecule has 3 rings (SSSR count).